The molecule has 34 heavy (non-hydrogen) atoms. The first kappa shape index (κ1) is 23.2. The molecule has 0 radical (unpaired) electrons. The van der Waals surface area contributed by atoms with Crippen LogP contribution in [0.3, 0.4) is 0 Å². The predicted molar refractivity (Wildman–Crippen MR) is 129 cm³/mol. The highest BCUT2D eigenvalue weighted by molar-refractivity contribution is 5.92. The van der Waals surface area contributed by atoms with Gasteiger partial charge in [-0.05, 0) is 54.4 Å². The maximum Gasteiger partial charge on any atom is 0.264 e. The second-order valence-corrected chi connectivity index (χ2v) is 8.03. The van der Waals surface area contributed by atoms with E-state index >= 15 is 0 Å². The number of hydrogen-bond donors (Lipinski definition) is 1. The molecule has 0 bridgehead atoms. The van der Waals surface area contributed by atoms with E-state index in [0.717, 1.165) is 16.9 Å². The molecule has 2 amide bonds. The lowest BCUT2D eigenvalue weighted by atomic mass is 10.1. The summed E-state index contributed by atoms with van der Waals surface area (Å²) >= 11 is 0. The van der Waals surface area contributed by atoms with Gasteiger partial charge < -0.3 is 24.4 Å². The fourth-order valence-electron chi connectivity index (χ4n) is 3.83. The average molecular weight is 461 g/mol. The molecule has 0 fully saturated rings. The van der Waals surface area contributed by atoms with Crippen LogP contribution in [0.5, 0.6) is 17.2 Å². The number of nitrogens with zero attached hydrogens (tertiary/aromatic N) is 1. The van der Waals surface area contributed by atoms with E-state index in [0.29, 0.717) is 36.7 Å². The third-order valence-corrected chi connectivity index (χ3v) is 5.55. The van der Waals surface area contributed by atoms with Crippen molar-refractivity contribution in [2.24, 2.45) is 0 Å². The van der Waals surface area contributed by atoms with Gasteiger partial charge in [-0.25, -0.2) is 0 Å². The van der Waals surface area contributed by atoms with Crippen molar-refractivity contribution < 1.29 is 23.8 Å². The summed E-state index contributed by atoms with van der Waals surface area (Å²) in [5.41, 5.74) is 2.41. The van der Waals surface area contributed by atoms with E-state index in [2.05, 4.69) is 5.32 Å². The fourth-order valence-corrected chi connectivity index (χ4v) is 3.83. The number of para-hydroxylation sites is 1. The zero-order valence-corrected chi connectivity index (χ0v) is 19.3. The number of benzene rings is 3. The Bertz CT molecular complexity index is 1150. The van der Waals surface area contributed by atoms with Gasteiger partial charge in [0.2, 0.25) is 0 Å². The van der Waals surface area contributed by atoms with Gasteiger partial charge in [0.25, 0.3) is 11.8 Å². The van der Waals surface area contributed by atoms with Crippen molar-refractivity contribution >= 4 is 17.5 Å². The Morgan fingerprint density at radius 3 is 2.62 bits per heavy atom. The summed E-state index contributed by atoms with van der Waals surface area (Å²) in [5.74, 6) is 1.68. The van der Waals surface area contributed by atoms with Crippen molar-refractivity contribution in [3.8, 4) is 17.2 Å². The molecule has 0 saturated carbocycles. The molecule has 4 rings (SSSR count). The Labute approximate surface area is 199 Å². The lowest BCUT2D eigenvalue weighted by Crippen LogP contribution is -2.38. The van der Waals surface area contributed by atoms with Gasteiger partial charge in [-0.3, -0.25) is 9.59 Å². The molecule has 176 valence electrons. The van der Waals surface area contributed by atoms with E-state index in [1.807, 2.05) is 55.5 Å². The number of amides is 2. The predicted octanol–water partition coefficient (Wildman–Crippen LogP) is 4.41. The Balaban J connectivity index is 1.49. The van der Waals surface area contributed by atoms with E-state index < -0.39 is 6.10 Å². The van der Waals surface area contributed by atoms with Crippen molar-refractivity contribution in [1.82, 2.24) is 4.90 Å². The first-order chi connectivity index (χ1) is 16.6. The Morgan fingerprint density at radius 1 is 1.06 bits per heavy atom. The van der Waals surface area contributed by atoms with Crippen molar-refractivity contribution in [2.75, 3.05) is 19.0 Å². The molecule has 3 aromatic carbocycles. The van der Waals surface area contributed by atoms with Crippen LogP contribution in [0.4, 0.5) is 5.69 Å². The van der Waals surface area contributed by atoms with Gasteiger partial charge >= 0.3 is 0 Å². The van der Waals surface area contributed by atoms with Crippen molar-refractivity contribution in [3.05, 3.63) is 83.9 Å². The molecular weight excluding hydrogens is 432 g/mol. The molecule has 0 aliphatic carbocycles. The summed E-state index contributed by atoms with van der Waals surface area (Å²) in [7, 11) is 1.62. The lowest BCUT2D eigenvalue weighted by Gasteiger charge is -2.23. The first-order valence-electron chi connectivity index (χ1n) is 11.2. The summed E-state index contributed by atoms with van der Waals surface area (Å²) in [6, 6.07) is 22.3. The van der Waals surface area contributed by atoms with Crippen LogP contribution in [-0.2, 0) is 22.7 Å². The second kappa shape index (κ2) is 10.7. The van der Waals surface area contributed by atoms with E-state index in [1.54, 1.807) is 36.3 Å². The van der Waals surface area contributed by atoms with Crippen LogP contribution < -0.4 is 19.5 Å². The fraction of sp³-hybridized carbons (Fsp3) is 0.259. The minimum Gasteiger partial charge on any atom is -0.497 e. The molecule has 0 saturated heterocycles. The van der Waals surface area contributed by atoms with Crippen LogP contribution in [0.25, 0.3) is 0 Å². The largest absolute Gasteiger partial charge is 0.497 e. The molecule has 3 aromatic rings. The lowest BCUT2D eigenvalue weighted by molar-refractivity contribution is -0.139. The maximum absolute atomic E-state index is 13.2. The summed E-state index contributed by atoms with van der Waals surface area (Å²) in [6.45, 7) is 2.62. The summed E-state index contributed by atoms with van der Waals surface area (Å²) in [6.07, 6.45) is -0.00563. The van der Waals surface area contributed by atoms with Gasteiger partial charge in [0.1, 0.15) is 17.2 Å². The molecule has 0 aromatic heterocycles. The smallest absolute Gasteiger partial charge is 0.264 e. The molecule has 1 N–H and O–H groups in total. The summed E-state index contributed by atoms with van der Waals surface area (Å²) < 4.78 is 16.9. The van der Waals surface area contributed by atoms with Gasteiger partial charge in [-0.1, -0.05) is 37.3 Å². The summed E-state index contributed by atoms with van der Waals surface area (Å²) in [5, 5.41) is 2.86. The van der Waals surface area contributed by atoms with E-state index in [-0.39, 0.29) is 18.4 Å². The highest BCUT2D eigenvalue weighted by Crippen LogP contribution is 2.30. The molecule has 1 heterocycles. The van der Waals surface area contributed by atoms with Gasteiger partial charge in [-0.15, -0.1) is 0 Å². The van der Waals surface area contributed by atoms with Crippen LogP contribution in [0.2, 0.25) is 0 Å². The first-order valence-corrected chi connectivity index (χ1v) is 11.2. The van der Waals surface area contributed by atoms with E-state index in [1.165, 1.54) is 0 Å². The SMILES string of the molecule is CC[C@H]1Oc2ccc(NC(=O)COc3ccccc3)cc2CN(Cc2cccc(OC)c2)C1=O. The number of carbonyl (C=O) groups excluding carboxylic acids is 2. The maximum atomic E-state index is 13.2. The minimum atomic E-state index is -0.563. The molecule has 7 nitrogen and oxygen atoms in total. The number of rotatable bonds is 8. The number of nitrogens with one attached hydrogen (secondary N) is 1. The van der Waals surface area contributed by atoms with Gasteiger partial charge in [0.15, 0.2) is 12.7 Å². The molecular formula is C27H28N2O5. The molecule has 1 atom stereocenters. The third kappa shape index (κ3) is 5.67. The number of hydrogen-bond acceptors (Lipinski definition) is 5. The highest BCUT2D eigenvalue weighted by Gasteiger charge is 2.30. The van der Waals surface area contributed by atoms with Crippen LogP contribution in [0.15, 0.2) is 72.8 Å². The van der Waals surface area contributed by atoms with Gasteiger partial charge in [-0.2, -0.15) is 0 Å². The highest BCUT2D eigenvalue weighted by atomic mass is 16.5. The Morgan fingerprint density at radius 2 is 1.85 bits per heavy atom. The van der Waals surface area contributed by atoms with E-state index in [4.69, 9.17) is 14.2 Å². The van der Waals surface area contributed by atoms with Crippen LogP contribution in [0.1, 0.15) is 24.5 Å². The van der Waals surface area contributed by atoms with Crippen molar-refractivity contribution in [3.63, 3.8) is 0 Å². The number of ether oxygens (including phenoxy) is 3. The second-order valence-electron chi connectivity index (χ2n) is 8.03. The molecule has 1 aliphatic heterocycles. The van der Waals surface area contributed by atoms with E-state index in [9.17, 15) is 9.59 Å². The molecule has 7 heteroatoms. The topological polar surface area (TPSA) is 77.1 Å². The standard InChI is InChI=1S/C27H28N2O5/c1-3-24-27(31)29(16-19-8-7-11-23(14-19)32-2)17-20-15-21(12-13-25(20)34-24)28-26(30)18-33-22-9-5-4-6-10-22/h4-15,24H,3,16-18H2,1-2H3,(H,28,30)/t24-/m1/s1. The third-order valence-electron chi connectivity index (χ3n) is 5.55. The quantitative estimate of drug-likeness (QED) is 0.539. The summed E-state index contributed by atoms with van der Waals surface area (Å²) in [4.78, 5) is 27.3. The molecule has 1 aliphatic rings. The van der Waals surface area contributed by atoms with Crippen LogP contribution >= 0.6 is 0 Å². The normalized spacial score (nSPS) is 15.1. The number of carbonyl (C=O) groups is 2. The zero-order chi connectivity index (χ0) is 23.9. The van der Waals surface area contributed by atoms with Gasteiger partial charge in [0.05, 0.1) is 7.11 Å². The van der Waals surface area contributed by atoms with Crippen LogP contribution in [-0.4, -0.2) is 36.5 Å². The van der Waals surface area contributed by atoms with Crippen molar-refractivity contribution in [2.45, 2.75) is 32.5 Å². The zero-order valence-electron chi connectivity index (χ0n) is 19.3. The molecule has 0 spiro atoms. The van der Waals surface area contributed by atoms with Crippen molar-refractivity contribution in [1.29, 1.82) is 0 Å². The van der Waals surface area contributed by atoms with Crippen LogP contribution in [0, 0.1) is 0 Å². The van der Waals surface area contributed by atoms with Gasteiger partial charge in [0, 0.05) is 24.3 Å². The number of fused-ring (bicyclic) bond motifs is 1. The number of anilines is 1. The minimum absolute atomic E-state index is 0.0663. The number of methoxy groups -OCH3 is 1. The average Bonchev–Trinajstić information content (AvgIpc) is 2.99. The Kier molecular flexibility index (Phi) is 7.32. The molecule has 0 unspecified atom stereocenters. The monoisotopic (exact) mass is 460 g/mol. The Hall–Kier alpha value is -4.00.